The van der Waals surface area contributed by atoms with Crippen LogP contribution in [0.5, 0.6) is 5.75 Å². The van der Waals surface area contributed by atoms with Crippen LogP contribution in [0, 0.1) is 5.92 Å². The maximum atomic E-state index is 13.2. The molecule has 0 radical (unpaired) electrons. The van der Waals surface area contributed by atoms with Crippen LogP contribution in [-0.4, -0.2) is 77.6 Å². The van der Waals surface area contributed by atoms with Gasteiger partial charge in [-0.1, -0.05) is 26.0 Å². The summed E-state index contributed by atoms with van der Waals surface area (Å²) >= 11 is 0. The van der Waals surface area contributed by atoms with E-state index in [1.807, 2.05) is 24.3 Å². The van der Waals surface area contributed by atoms with Gasteiger partial charge in [0.1, 0.15) is 11.5 Å². The Bertz CT molecular complexity index is 1060. The second-order valence-corrected chi connectivity index (χ2v) is 9.29. The smallest absolute Gasteiger partial charge is 0.295 e. The number of morpholine rings is 1. The zero-order valence-electron chi connectivity index (χ0n) is 20.4. The quantitative estimate of drug-likeness (QED) is 0.335. The van der Waals surface area contributed by atoms with Crippen molar-refractivity contribution in [2.75, 3.05) is 46.0 Å². The number of amides is 1. The molecule has 1 atom stereocenters. The first-order valence-electron chi connectivity index (χ1n) is 12.2. The molecule has 2 aliphatic heterocycles. The largest absolute Gasteiger partial charge is 0.507 e. The third kappa shape index (κ3) is 5.89. The van der Waals surface area contributed by atoms with Gasteiger partial charge in [0, 0.05) is 44.1 Å². The van der Waals surface area contributed by atoms with Crippen LogP contribution in [0.25, 0.3) is 5.76 Å². The van der Waals surface area contributed by atoms with Crippen molar-refractivity contribution in [3.63, 3.8) is 0 Å². The SMILES string of the molecule is CC(C)CCOc1cccc(C2/C(=C(\O)c3ccncc3)C(=O)C(=O)N2CCN2CCOCC2)c1. The van der Waals surface area contributed by atoms with E-state index in [0.29, 0.717) is 50.1 Å². The molecule has 2 saturated heterocycles. The molecule has 0 aliphatic carbocycles. The first-order valence-corrected chi connectivity index (χ1v) is 12.2. The second-order valence-electron chi connectivity index (χ2n) is 9.29. The van der Waals surface area contributed by atoms with Crippen LogP contribution in [0.3, 0.4) is 0 Å². The highest BCUT2D eigenvalue weighted by Crippen LogP contribution is 2.40. The van der Waals surface area contributed by atoms with Gasteiger partial charge in [-0.15, -0.1) is 0 Å². The minimum atomic E-state index is -0.710. The summed E-state index contributed by atoms with van der Waals surface area (Å²) in [4.78, 5) is 34.2. The maximum Gasteiger partial charge on any atom is 0.295 e. The van der Waals surface area contributed by atoms with Crippen molar-refractivity contribution in [1.82, 2.24) is 14.8 Å². The molecule has 0 spiro atoms. The van der Waals surface area contributed by atoms with E-state index in [2.05, 4.69) is 23.7 Å². The third-order valence-corrected chi connectivity index (χ3v) is 6.39. The van der Waals surface area contributed by atoms with E-state index in [0.717, 1.165) is 25.1 Å². The van der Waals surface area contributed by atoms with E-state index in [1.54, 1.807) is 29.4 Å². The van der Waals surface area contributed by atoms with Gasteiger partial charge in [-0.3, -0.25) is 19.5 Å². The molecule has 1 N–H and O–H groups in total. The number of likely N-dealkylation sites (tertiary alicyclic amines) is 1. The summed E-state index contributed by atoms with van der Waals surface area (Å²) in [6.07, 6.45) is 4.01. The third-order valence-electron chi connectivity index (χ3n) is 6.39. The Labute approximate surface area is 206 Å². The molecule has 2 fully saturated rings. The number of nitrogens with zero attached hydrogens (tertiary/aromatic N) is 3. The fourth-order valence-electron chi connectivity index (χ4n) is 4.38. The lowest BCUT2D eigenvalue weighted by atomic mass is 9.95. The predicted octanol–water partition coefficient (Wildman–Crippen LogP) is 3.26. The molecule has 0 bridgehead atoms. The van der Waals surface area contributed by atoms with Gasteiger partial charge in [0.15, 0.2) is 0 Å². The highest BCUT2D eigenvalue weighted by molar-refractivity contribution is 6.46. The maximum absolute atomic E-state index is 13.2. The molecule has 1 aromatic carbocycles. The van der Waals surface area contributed by atoms with Gasteiger partial charge in [-0.05, 0) is 42.2 Å². The first kappa shape index (κ1) is 24.9. The number of hydrogen-bond acceptors (Lipinski definition) is 7. The Morgan fingerprint density at radius 1 is 1.14 bits per heavy atom. The van der Waals surface area contributed by atoms with Crippen LogP contribution in [-0.2, 0) is 14.3 Å². The monoisotopic (exact) mass is 479 g/mol. The van der Waals surface area contributed by atoms with Crippen molar-refractivity contribution >= 4 is 17.4 Å². The minimum Gasteiger partial charge on any atom is -0.507 e. The van der Waals surface area contributed by atoms with Crippen LogP contribution >= 0.6 is 0 Å². The van der Waals surface area contributed by atoms with E-state index in [1.165, 1.54) is 0 Å². The topological polar surface area (TPSA) is 92.2 Å². The summed E-state index contributed by atoms with van der Waals surface area (Å²) in [7, 11) is 0. The van der Waals surface area contributed by atoms with E-state index < -0.39 is 17.7 Å². The zero-order chi connectivity index (χ0) is 24.8. The van der Waals surface area contributed by atoms with Crippen molar-refractivity contribution in [2.45, 2.75) is 26.3 Å². The zero-order valence-corrected chi connectivity index (χ0v) is 20.4. The van der Waals surface area contributed by atoms with E-state index in [9.17, 15) is 14.7 Å². The summed E-state index contributed by atoms with van der Waals surface area (Å²) in [6, 6.07) is 9.99. The Morgan fingerprint density at radius 3 is 2.60 bits per heavy atom. The number of carbonyl (C=O) groups excluding carboxylic acids is 2. The lowest BCUT2D eigenvalue weighted by Crippen LogP contribution is -2.42. The van der Waals surface area contributed by atoms with E-state index in [-0.39, 0.29) is 11.3 Å². The molecular formula is C27H33N3O5. The molecule has 8 heteroatoms. The van der Waals surface area contributed by atoms with Crippen molar-refractivity contribution in [3.8, 4) is 5.75 Å². The number of Topliss-reactive ketones (excluding diaryl/α,β-unsaturated/α-hetero) is 1. The number of ether oxygens (including phenoxy) is 2. The molecule has 8 nitrogen and oxygen atoms in total. The molecule has 186 valence electrons. The lowest BCUT2D eigenvalue weighted by molar-refractivity contribution is -0.140. The number of aromatic nitrogens is 1. The Hall–Kier alpha value is -3.23. The van der Waals surface area contributed by atoms with Crippen molar-refractivity contribution < 1.29 is 24.2 Å². The van der Waals surface area contributed by atoms with Gasteiger partial charge in [0.05, 0.1) is 31.4 Å². The average Bonchev–Trinajstić information content (AvgIpc) is 3.13. The fourth-order valence-corrected chi connectivity index (χ4v) is 4.38. The number of aliphatic hydroxyl groups is 1. The minimum absolute atomic E-state index is 0.0857. The first-order chi connectivity index (χ1) is 17.0. The molecular weight excluding hydrogens is 446 g/mol. The van der Waals surface area contributed by atoms with Gasteiger partial charge in [-0.2, -0.15) is 0 Å². The summed E-state index contributed by atoms with van der Waals surface area (Å²) in [5, 5.41) is 11.1. The van der Waals surface area contributed by atoms with Crippen molar-refractivity contribution in [1.29, 1.82) is 0 Å². The Balaban J connectivity index is 1.68. The number of rotatable bonds is 9. The standard InChI is InChI=1S/C27H33N3O5/c1-19(2)8-15-35-22-5-3-4-21(18-22)24-23(25(31)20-6-9-28-10-7-20)26(32)27(33)30(24)12-11-29-13-16-34-17-14-29/h3-7,9-10,18-19,24,31H,8,11-17H2,1-2H3/b25-23+. The van der Waals surface area contributed by atoms with E-state index in [4.69, 9.17) is 9.47 Å². The number of carbonyl (C=O) groups is 2. The summed E-state index contributed by atoms with van der Waals surface area (Å²) in [6.45, 7) is 8.71. The lowest BCUT2D eigenvalue weighted by Gasteiger charge is -2.31. The number of aliphatic hydroxyl groups excluding tert-OH is 1. The van der Waals surface area contributed by atoms with Crippen LogP contribution < -0.4 is 4.74 Å². The van der Waals surface area contributed by atoms with Gasteiger partial charge in [0.2, 0.25) is 0 Å². The highest BCUT2D eigenvalue weighted by Gasteiger charge is 2.46. The molecule has 1 unspecified atom stereocenters. The second kappa shape index (κ2) is 11.5. The molecule has 35 heavy (non-hydrogen) atoms. The average molecular weight is 480 g/mol. The number of ketones is 1. The van der Waals surface area contributed by atoms with Crippen LogP contribution in [0.4, 0.5) is 0 Å². The molecule has 4 rings (SSSR count). The molecule has 1 amide bonds. The molecule has 2 aliphatic rings. The van der Waals surface area contributed by atoms with Gasteiger partial charge in [0.25, 0.3) is 11.7 Å². The van der Waals surface area contributed by atoms with Crippen molar-refractivity contribution in [3.05, 3.63) is 65.5 Å². The number of hydrogen-bond donors (Lipinski definition) is 1. The molecule has 0 saturated carbocycles. The summed E-state index contributed by atoms with van der Waals surface area (Å²) in [5.74, 6) is -0.297. The van der Waals surface area contributed by atoms with Gasteiger partial charge < -0.3 is 19.5 Å². The van der Waals surface area contributed by atoms with Gasteiger partial charge >= 0.3 is 0 Å². The predicted molar refractivity (Wildman–Crippen MR) is 132 cm³/mol. The Morgan fingerprint density at radius 2 is 1.89 bits per heavy atom. The normalized spacial score (nSPS) is 20.5. The number of benzene rings is 1. The van der Waals surface area contributed by atoms with Crippen LogP contribution in [0.15, 0.2) is 54.4 Å². The van der Waals surface area contributed by atoms with Crippen LogP contribution in [0.2, 0.25) is 0 Å². The molecule has 3 heterocycles. The Kier molecular flexibility index (Phi) is 8.15. The van der Waals surface area contributed by atoms with E-state index >= 15 is 0 Å². The van der Waals surface area contributed by atoms with Gasteiger partial charge in [-0.25, -0.2) is 0 Å². The van der Waals surface area contributed by atoms with Crippen molar-refractivity contribution in [2.24, 2.45) is 5.92 Å². The summed E-state index contributed by atoms with van der Waals surface area (Å²) < 4.78 is 11.4. The highest BCUT2D eigenvalue weighted by atomic mass is 16.5. The fraction of sp³-hybridized carbons (Fsp3) is 0.444. The summed E-state index contributed by atoms with van der Waals surface area (Å²) in [5.41, 5.74) is 1.26. The van der Waals surface area contributed by atoms with Crippen LogP contribution in [0.1, 0.15) is 37.4 Å². The molecule has 1 aromatic heterocycles. The number of pyridine rings is 1. The molecule has 2 aromatic rings.